The first-order valence-electron chi connectivity index (χ1n) is 27.0. The lowest BCUT2D eigenvalue weighted by Crippen LogP contribution is -2.49. The molecule has 9 atom stereocenters. The third-order valence-electron chi connectivity index (χ3n) is 16.6. The van der Waals surface area contributed by atoms with Crippen molar-refractivity contribution in [3.8, 4) is 0 Å². The van der Waals surface area contributed by atoms with Crippen molar-refractivity contribution >= 4 is 17.7 Å². The topological polar surface area (TPSA) is 97.9 Å². The molecule has 0 aromatic rings. The highest BCUT2D eigenvalue weighted by atomic mass is 16.5. The van der Waals surface area contributed by atoms with Gasteiger partial charge in [-0.05, 0) is 130 Å². The minimum Gasteiger partial charge on any atom is -0.384 e. The maximum atomic E-state index is 13.4. The Morgan fingerprint density at radius 1 is 0.493 bits per heavy atom. The quantitative estimate of drug-likeness (QED) is 0.171. The van der Waals surface area contributed by atoms with Crippen LogP contribution in [0.4, 0.5) is 0 Å². The van der Waals surface area contributed by atoms with Crippen LogP contribution in [0.3, 0.4) is 0 Å². The largest absolute Gasteiger partial charge is 0.384 e. The zero-order valence-corrected chi connectivity index (χ0v) is 44.5. The monoisotopic (exact) mass is 948 g/mol. The van der Waals surface area contributed by atoms with E-state index in [1.54, 1.807) is 7.11 Å². The maximum Gasteiger partial charge on any atom is 0.226 e. The smallest absolute Gasteiger partial charge is 0.226 e. The van der Waals surface area contributed by atoms with Crippen LogP contribution in [0.2, 0.25) is 0 Å². The van der Waals surface area contributed by atoms with Gasteiger partial charge in [0.05, 0.1) is 6.61 Å². The normalized spacial score (nSPS) is 28.0. The molecule has 6 heterocycles. The molecule has 6 aliphatic heterocycles. The average molecular weight is 949 g/mol. The van der Waals surface area contributed by atoms with Crippen LogP contribution in [0.25, 0.3) is 0 Å². The van der Waals surface area contributed by atoms with Gasteiger partial charge in [-0.25, -0.2) is 0 Å². The Bertz CT molecular complexity index is 1400. The molecule has 6 unspecified atom stereocenters. The van der Waals surface area contributed by atoms with Gasteiger partial charge in [0.15, 0.2) is 0 Å². The summed E-state index contributed by atoms with van der Waals surface area (Å²) in [6, 6.07) is 1.65. The first kappa shape index (κ1) is 61.4. The zero-order valence-electron chi connectivity index (χ0n) is 44.5. The van der Waals surface area contributed by atoms with Gasteiger partial charge in [-0.1, -0.05) is 105 Å². The van der Waals surface area contributed by atoms with Crippen LogP contribution in [0, 0.1) is 82.9 Å². The molecule has 6 saturated heterocycles. The fraction of sp³-hybridized carbons (Fsp3) is 0.947. The minimum atomic E-state index is 0. The van der Waals surface area contributed by atoms with E-state index in [0.29, 0.717) is 107 Å². The van der Waals surface area contributed by atoms with Crippen LogP contribution < -0.4 is 0 Å². The van der Waals surface area contributed by atoms with Gasteiger partial charge in [0.1, 0.15) is 0 Å². The summed E-state index contributed by atoms with van der Waals surface area (Å²) in [6.45, 7) is 38.7. The lowest BCUT2D eigenvalue weighted by Gasteiger charge is -2.39. The predicted molar refractivity (Wildman–Crippen MR) is 278 cm³/mol. The van der Waals surface area contributed by atoms with Crippen LogP contribution in [0.15, 0.2) is 0 Å². The Labute approximate surface area is 413 Å². The Hall–Kier alpha value is -1.75. The fourth-order valence-electron chi connectivity index (χ4n) is 13.1. The lowest BCUT2D eigenvalue weighted by atomic mass is 9.77. The molecule has 3 amide bonds. The lowest BCUT2D eigenvalue weighted by molar-refractivity contribution is -0.144. The molecule has 6 aliphatic rings. The third kappa shape index (κ3) is 16.7. The van der Waals surface area contributed by atoms with Crippen molar-refractivity contribution in [3.63, 3.8) is 0 Å². The molecule has 0 aromatic heterocycles. The van der Waals surface area contributed by atoms with Gasteiger partial charge in [-0.15, -0.1) is 0 Å². The number of rotatable bonds is 14. The zero-order chi connectivity index (χ0) is 48.1. The number of carbonyl (C=O) groups excluding carboxylic acids is 3. The van der Waals surface area contributed by atoms with Gasteiger partial charge in [0.2, 0.25) is 17.7 Å². The van der Waals surface area contributed by atoms with E-state index >= 15 is 0 Å². The molecular weight excluding hydrogens is 839 g/mol. The van der Waals surface area contributed by atoms with Crippen molar-refractivity contribution in [2.24, 2.45) is 82.9 Å². The van der Waals surface area contributed by atoms with Crippen LogP contribution in [-0.4, -0.2) is 123 Å². The van der Waals surface area contributed by atoms with Crippen LogP contribution in [0.1, 0.15) is 176 Å². The van der Waals surface area contributed by atoms with Gasteiger partial charge in [-0.2, -0.15) is 0 Å². The molecule has 0 radical (unpaired) electrons. The van der Waals surface area contributed by atoms with E-state index in [-0.39, 0.29) is 32.6 Å². The van der Waals surface area contributed by atoms with Crippen LogP contribution in [0.5, 0.6) is 0 Å². The van der Waals surface area contributed by atoms with Crippen molar-refractivity contribution in [1.29, 1.82) is 0 Å². The highest BCUT2D eigenvalue weighted by Crippen LogP contribution is 2.39. The van der Waals surface area contributed by atoms with Gasteiger partial charge in [0.25, 0.3) is 0 Å². The molecule has 394 valence electrons. The number of methoxy groups -OCH3 is 1. The third-order valence-corrected chi connectivity index (χ3v) is 16.6. The highest BCUT2D eigenvalue weighted by Gasteiger charge is 2.45. The van der Waals surface area contributed by atoms with E-state index in [1.807, 2.05) is 0 Å². The minimum absolute atomic E-state index is 0. The SMILES string of the molecule is C.C.CC(C)C(C(=O)N1C(C)CC[C@H]1C(C)C)C1CCOCC1.CC1C[C@@H](C(C)C)N(C(=O)C(C(C)C)C2CCOCC2)C1.COCC1C[C@@H](C(C)C)N(C(=O)C(C(C)C)C2CCOCC2)C1. The van der Waals surface area contributed by atoms with Crippen LogP contribution in [-0.2, 0) is 33.3 Å². The van der Waals surface area contributed by atoms with Crippen molar-refractivity contribution in [3.05, 3.63) is 0 Å². The van der Waals surface area contributed by atoms with Crippen molar-refractivity contribution in [1.82, 2.24) is 14.7 Å². The van der Waals surface area contributed by atoms with Gasteiger partial charge in [0, 0.05) is 108 Å². The number of carbonyl (C=O) groups is 3. The Kier molecular flexibility index (Phi) is 27.1. The fourth-order valence-corrected chi connectivity index (χ4v) is 13.1. The van der Waals surface area contributed by atoms with E-state index in [9.17, 15) is 14.4 Å². The number of nitrogens with zero attached hydrogens (tertiary/aromatic N) is 3. The van der Waals surface area contributed by atoms with E-state index in [2.05, 4.69) is 112 Å². The first-order valence-corrected chi connectivity index (χ1v) is 27.0. The molecular formula is C57H109N3O7. The molecule has 0 spiro atoms. The summed E-state index contributed by atoms with van der Waals surface area (Å²) < 4.78 is 21.8. The second kappa shape index (κ2) is 29.6. The Balaban J connectivity index is 0.000000340. The number of hydrogen-bond acceptors (Lipinski definition) is 7. The van der Waals surface area contributed by atoms with Crippen molar-refractivity contribution in [2.45, 2.75) is 200 Å². The summed E-state index contributed by atoms with van der Waals surface area (Å²) in [5.74, 6) is 7.17. The van der Waals surface area contributed by atoms with Gasteiger partial charge >= 0.3 is 0 Å². The maximum absolute atomic E-state index is 13.4. The summed E-state index contributed by atoms with van der Waals surface area (Å²) in [6.07, 6.45) is 10.8. The van der Waals surface area contributed by atoms with Crippen molar-refractivity contribution in [2.75, 3.05) is 66.4 Å². The Morgan fingerprint density at radius 2 is 0.851 bits per heavy atom. The molecule has 6 fully saturated rings. The van der Waals surface area contributed by atoms with E-state index in [0.717, 1.165) is 111 Å². The van der Waals surface area contributed by atoms with E-state index < -0.39 is 0 Å². The molecule has 10 heteroatoms. The molecule has 67 heavy (non-hydrogen) atoms. The molecule has 0 saturated carbocycles. The van der Waals surface area contributed by atoms with E-state index in [1.165, 1.54) is 12.8 Å². The summed E-state index contributed by atoms with van der Waals surface area (Å²) in [5, 5.41) is 0. The molecule has 6 rings (SSSR count). The molecule has 10 nitrogen and oxygen atoms in total. The van der Waals surface area contributed by atoms with Gasteiger partial charge in [-0.3, -0.25) is 14.4 Å². The standard InChI is InChI=1S/C19H35NO3.2C18H33NO2.2CH4/c1-13(2)17-10-15(12-22-5)11-20(17)19(21)18(14(3)4)16-6-8-23-9-7-16;1-12(2)16-10-14(5)11-19(16)18(20)17(13(3)4)15-6-8-21-9-7-15;1-12(2)16-7-6-14(5)19(16)18(20)17(13(3)4)15-8-10-21-11-9-15;;/h13-18H,6-12H2,1-5H3;2*12-17H,6-11H2,1-5H3;2*1H4/t15?,17-,18?;2*14?,16-,17?;;/m000../s1. The van der Waals surface area contributed by atoms with E-state index in [4.69, 9.17) is 18.9 Å². The summed E-state index contributed by atoms with van der Waals surface area (Å²) in [4.78, 5) is 46.6. The number of likely N-dealkylation sites (tertiary alicyclic amines) is 3. The van der Waals surface area contributed by atoms with Crippen LogP contribution >= 0.6 is 0 Å². The van der Waals surface area contributed by atoms with Gasteiger partial charge < -0.3 is 33.6 Å². The molecule has 0 aromatic carbocycles. The number of ether oxygens (including phenoxy) is 4. The average Bonchev–Trinajstić information content (AvgIpc) is 3.99. The summed E-state index contributed by atoms with van der Waals surface area (Å²) >= 11 is 0. The second-order valence-electron chi connectivity index (χ2n) is 23.6. The van der Waals surface area contributed by atoms with Crippen molar-refractivity contribution < 1.29 is 33.3 Å². The predicted octanol–water partition coefficient (Wildman–Crippen LogP) is 11.8. The number of hydrogen-bond donors (Lipinski definition) is 0. The highest BCUT2D eigenvalue weighted by molar-refractivity contribution is 5.81. The summed E-state index contributed by atoms with van der Waals surface area (Å²) in [7, 11) is 1.76. The molecule has 0 N–H and O–H groups in total. The Morgan fingerprint density at radius 3 is 1.21 bits per heavy atom. The number of amides is 3. The summed E-state index contributed by atoms with van der Waals surface area (Å²) in [5.41, 5.74) is 0. The molecule has 0 bridgehead atoms. The molecule has 0 aliphatic carbocycles. The second-order valence-corrected chi connectivity index (χ2v) is 23.6. The first-order chi connectivity index (χ1) is 30.8.